The quantitative estimate of drug-likeness (QED) is 0.780. The number of rotatable bonds is 2. The second-order valence-electron chi connectivity index (χ2n) is 6.54. The molecule has 8 nitrogen and oxygen atoms in total. The van der Waals surface area contributed by atoms with Crippen LogP contribution in [0.5, 0.6) is 0 Å². The number of aromatic nitrogens is 2. The molecule has 2 saturated heterocycles. The molecule has 3 aliphatic rings. The van der Waals surface area contributed by atoms with Crippen molar-refractivity contribution >= 4 is 11.8 Å². The van der Waals surface area contributed by atoms with Gasteiger partial charge in [-0.3, -0.25) is 19.1 Å². The lowest BCUT2D eigenvalue weighted by atomic mass is 10.1. The third-order valence-corrected chi connectivity index (χ3v) is 4.92. The van der Waals surface area contributed by atoms with Gasteiger partial charge in [-0.1, -0.05) is 0 Å². The van der Waals surface area contributed by atoms with Crippen LogP contribution < -0.4 is 0 Å². The zero-order valence-electron chi connectivity index (χ0n) is 13.6. The number of hydroxylamine groups is 2. The smallest absolute Gasteiger partial charge is 0.272 e. The number of ether oxygens (including phenoxy) is 1. The van der Waals surface area contributed by atoms with Crippen molar-refractivity contribution < 1.29 is 19.2 Å². The minimum Gasteiger partial charge on any atom is -0.381 e. The fourth-order valence-corrected chi connectivity index (χ4v) is 3.57. The Bertz CT molecular complexity index is 619. The number of nitrogens with zero attached hydrogens (tertiary/aromatic N) is 4. The zero-order chi connectivity index (χ0) is 16.5. The Morgan fingerprint density at radius 1 is 1.21 bits per heavy atom. The summed E-state index contributed by atoms with van der Waals surface area (Å²) in [5, 5.41) is 5.73. The van der Waals surface area contributed by atoms with Crippen molar-refractivity contribution in [3.63, 3.8) is 0 Å². The van der Waals surface area contributed by atoms with E-state index in [9.17, 15) is 9.59 Å². The van der Waals surface area contributed by atoms with Crippen LogP contribution in [0.1, 0.15) is 31.0 Å². The van der Waals surface area contributed by atoms with Gasteiger partial charge in [0.15, 0.2) is 6.04 Å². The highest BCUT2D eigenvalue weighted by molar-refractivity contribution is 5.83. The van der Waals surface area contributed by atoms with Gasteiger partial charge in [0.1, 0.15) is 0 Å². The van der Waals surface area contributed by atoms with Gasteiger partial charge in [0.2, 0.25) is 5.91 Å². The summed E-state index contributed by atoms with van der Waals surface area (Å²) in [7, 11) is 0. The lowest BCUT2D eigenvalue weighted by Crippen LogP contribution is -2.50. The van der Waals surface area contributed by atoms with Crippen molar-refractivity contribution in [1.82, 2.24) is 19.7 Å². The predicted molar refractivity (Wildman–Crippen MR) is 82.5 cm³/mol. The maximum absolute atomic E-state index is 12.9. The molecular formula is C16H22N4O4. The fraction of sp³-hybridized carbons (Fsp3) is 0.688. The normalized spacial score (nSPS) is 27.2. The summed E-state index contributed by atoms with van der Waals surface area (Å²) in [6, 6.07) is 1.34. The summed E-state index contributed by atoms with van der Waals surface area (Å²) >= 11 is 0. The van der Waals surface area contributed by atoms with Gasteiger partial charge in [-0.2, -0.15) is 5.10 Å². The largest absolute Gasteiger partial charge is 0.381 e. The number of carbonyl (C=O) groups is 2. The van der Waals surface area contributed by atoms with E-state index in [2.05, 4.69) is 5.10 Å². The fourth-order valence-electron chi connectivity index (χ4n) is 3.57. The highest BCUT2D eigenvalue weighted by Gasteiger charge is 2.38. The molecule has 4 rings (SSSR count). The number of fused-ring (bicyclic) bond motifs is 1. The van der Waals surface area contributed by atoms with Gasteiger partial charge < -0.3 is 9.64 Å². The van der Waals surface area contributed by atoms with Crippen molar-refractivity contribution in [3.8, 4) is 0 Å². The van der Waals surface area contributed by atoms with Crippen molar-refractivity contribution in [2.45, 2.75) is 31.8 Å². The molecule has 24 heavy (non-hydrogen) atoms. The Balaban J connectivity index is 1.54. The van der Waals surface area contributed by atoms with Gasteiger partial charge in [0.05, 0.1) is 37.9 Å². The number of hydrogen-bond acceptors (Lipinski definition) is 5. The minimum atomic E-state index is -0.520. The molecule has 0 bridgehead atoms. The van der Waals surface area contributed by atoms with Crippen molar-refractivity contribution in [3.05, 3.63) is 18.0 Å². The Kier molecular flexibility index (Phi) is 4.24. The monoisotopic (exact) mass is 334 g/mol. The first-order chi connectivity index (χ1) is 11.7. The van der Waals surface area contributed by atoms with E-state index in [0.717, 1.165) is 25.0 Å². The van der Waals surface area contributed by atoms with Crippen molar-refractivity contribution in [2.24, 2.45) is 5.92 Å². The highest BCUT2D eigenvalue weighted by atomic mass is 16.7. The Morgan fingerprint density at radius 2 is 2.12 bits per heavy atom. The minimum absolute atomic E-state index is 0.0670. The first kappa shape index (κ1) is 15.6. The summed E-state index contributed by atoms with van der Waals surface area (Å²) in [4.78, 5) is 32.9. The zero-order valence-corrected chi connectivity index (χ0v) is 13.6. The van der Waals surface area contributed by atoms with E-state index in [4.69, 9.17) is 9.57 Å². The first-order valence-electron chi connectivity index (χ1n) is 8.57. The molecule has 1 aromatic heterocycles. The standard InChI is InChI=1S/C16H22N4O4/c21-15(12-4-8-23-11-12)18-9-13-3-5-17-20(13)14(10-18)16(22)19-6-1-2-7-24-19/h3,5,12,14H,1-2,4,6-11H2/t12-,14-/m0/s1. The molecule has 0 saturated carbocycles. The van der Waals surface area contributed by atoms with E-state index >= 15 is 0 Å². The summed E-state index contributed by atoms with van der Waals surface area (Å²) in [6.45, 7) is 3.08. The van der Waals surface area contributed by atoms with Crippen LogP contribution in [0.25, 0.3) is 0 Å². The SMILES string of the molecule is O=C([C@H]1CCOC1)N1Cc2ccnn2[C@H](C(=O)N2CCCCO2)C1. The van der Waals surface area contributed by atoms with Crippen LogP contribution in [-0.2, 0) is 25.7 Å². The average Bonchev–Trinajstić information content (AvgIpc) is 3.31. The number of amides is 2. The molecule has 130 valence electrons. The molecule has 2 amide bonds. The van der Waals surface area contributed by atoms with E-state index in [-0.39, 0.29) is 17.7 Å². The molecule has 0 spiro atoms. The summed E-state index contributed by atoms with van der Waals surface area (Å²) in [5.41, 5.74) is 0.879. The Morgan fingerprint density at radius 3 is 2.88 bits per heavy atom. The number of carbonyl (C=O) groups excluding carboxylic acids is 2. The van der Waals surface area contributed by atoms with Crippen molar-refractivity contribution in [1.29, 1.82) is 0 Å². The van der Waals surface area contributed by atoms with Gasteiger partial charge in [0, 0.05) is 19.3 Å². The topological polar surface area (TPSA) is 76.9 Å². The van der Waals surface area contributed by atoms with E-state index < -0.39 is 6.04 Å². The molecule has 0 aliphatic carbocycles. The summed E-state index contributed by atoms with van der Waals surface area (Å²) in [5.74, 6) is -0.154. The van der Waals surface area contributed by atoms with Gasteiger partial charge in [0.25, 0.3) is 5.91 Å². The van der Waals surface area contributed by atoms with E-state index in [1.54, 1.807) is 15.8 Å². The second kappa shape index (κ2) is 6.52. The van der Waals surface area contributed by atoms with Gasteiger partial charge in [-0.05, 0) is 25.3 Å². The molecule has 0 unspecified atom stereocenters. The van der Waals surface area contributed by atoms with Crippen LogP contribution in [0.15, 0.2) is 12.3 Å². The lowest BCUT2D eigenvalue weighted by Gasteiger charge is -2.37. The lowest BCUT2D eigenvalue weighted by molar-refractivity contribution is -0.201. The summed E-state index contributed by atoms with van der Waals surface area (Å²) in [6.07, 6.45) is 4.34. The third-order valence-electron chi connectivity index (χ3n) is 4.92. The molecule has 8 heteroatoms. The van der Waals surface area contributed by atoms with Crippen LogP contribution in [0.4, 0.5) is 0 Å². The second-order valence-corrected chi connectivity index (χ2v) is 6.54. The molecule has 0 N–H and O–H groups in total. The third kappa shape index (κ3) is 2.80. The summed E-state index contributed by atoms with van der Waals surface area (Å²) < 4.78 is 7.06. The molecule has 2 fully saturated rings. The molecule has 1 aromatic rings. The maximum atomic E-state index is 12.9. The van der Waals surface area contributed by atoms with Crippen molar-refractivity contribution in [2.75, 3.05) is 32.9 Å². The van der Waals surface area contributed by atoms with Crippen LogP contribution in [0, 0.1) is 5.92 Å². The Labute approximate surface area is 140 Å². The van der Waals surface area contributed by atoms with Crippen LogP contribution in [0.3, 0.4) is 0 Å². The van der Waals surface area contributed by atoms with E-state index in [0.29, 0.717) is 39.5 Å². The van der Waals surface area contributed by atoms with Gasteiger partial charge in [-0.25, -0.2) is 5.06 Å². The molecule has 4 heterocycles. The van der Waals surface area contributed by atoms with E-state index in [1.807, 2.05) is 6.07 Å². The first-order valence-corrected chi connectivity index (χ1v) is 8.57. The van der Waals surface area contributed by atoms with Crippen LogP contribution >= 0.6 is 0 Å². The predicted octanol–water partition coefficient (Wildman–Crippen LogP) is 0.357. The maximum Gasteiger partial charge on any atom is 0.272 e. The molecular weight excluding hydrogens is 312 g/mol. The van der Waals surface area contributed by atoms with Crippen LogP contribution in [-0.4, -0.2) is 64.5 Å². The molecule has 2 atom stereocenters. The van der Waals surface area contributed by atoms with Gasteiger partial charge in [-0.15, -0.1) is 0 Å². The number of hydrogen-bond donors (Lipinski definition) is 0. The molecule has 3 aliphatic heterocycles. The van der Waals surface area contributed by atoms with Crippen LogP contribution in [0.2, 0.25) is 0 Å². The Hall–Kier alpha value is -1.93. The molecule has 0 radical (unpaired) electrons. The average molecular weight is 334 g/mol. The molecule has 0 aromatic carbocycles. The van der Waals surface area contributed by atoms with Gasteiger partial charge >= 0.3 is 0 Å². The highest BCUT2D eigenvalue weighted by Crippen LogP contribution is 2.26. The van der Waals surface area contributed by atoms with E-state index in [1.165, 1.54) is 5.06 Å².